The molecule has 0 radical (unpaired) electrons. The van der Waals surface area contributed by atoms with Gasteiger partial charge in [-0.2, -0.15) is 0 Å². The molecule has 0 aromatic heterocycles. The van der Waals surface area contributed by atoms with E-state index in [0.717, 1.165) is 16.3 Å². The number of hydrogen-bond acceptors (Lipinski definition) is 2. The van der Waals surface area contributed by atoms with Gasteiger partial charge >= 0.3 is 0 Å². The highest BCUT2D eigenvalue weighted by Gasteiger charge is 2.09. The second-order valence-electron chi connectivity index (χ2n) is 3.85. The SMILES string of the molecule is O=Cc1cc(Cl)c(OCc2ccc(Br)cc2)c(Br)c1. The predicted octanol–water partition coefficient (Wildman–Crippen LogP) is 5.26. The van der Waals surface area contributed by atoms with E-state index in [-0.39, 0.29) is 0 Å². The Morgan fingerprint density at radius 3 is 2.42 bits per heavy atom. The van der Waals surface area contributed by atoms with Gasteiger partial charge < -0.3 is 4.74 Å². The molecule has 0 saturated carbocycles. The van der Waals surface area contributed by atoms with Crippen LogP contribution >= 0.6 is 43.5 Å². The molecule has 0 amide bonds. The zero-order chi connectivity index (χ0) is 13.8. The minimum atomic E-state index is 0.409. The van der Waals surface area contributed by atoms with E-state index in [4.69, 9.17) is 16.3 Å². The molecular weight excluding hydrogens is 395 g/mol. The van der Waals surface area contributed by atoms with Crippen molar-refractivity contribution in [1.29, 1.82) is 0 Å². The summed E-state index contributed by atoms with van der Waals surface area (Å²) in [6, 6.07) is 11.1. The molecule has 5 heteroatoms. The van der Waals surface area contributed by atoms with Crippen molar-refractivity contribution in [2.45, 2.75) is 6.61 Å². The van der Waals surface area contributed by atoms with Gasteiger partial charge in [-0.25, -0.2) is 0 Å². The van der Waals surface area contributed by atoms with Crippen molar-refractivity contribution in [3.8, 4) is 5.75 Å². The minimum absolute atomic E-state index is 0.409. The summed E-state index contributed by atoms with van der Waals surface area (Å²) in [5.41, 5.74) is 1.54. The molecule has 2 nitrogen and oxygen atoms in total. The van der Waals surface area contributed by atoms with E-state index >= 15 is 0 Å². The van der Waals surface area contributed by atoms with E-state index in [0.29, 0.717) is 27.4 Å². The quantitative estimate of drug-likeness (QED) is 0.650. The third-order valence-corrected chi connectivity index (χ3v) is 3.85. The molecule has 0 atom stereocenters. The third-order valence-electron chi connectivity index (χ3n) is 2.45. The average molecular weight is 404 g/mol. The Balaban J connectivity index is 2.15. The molecule has 0 spiro atoms. The van der Waals surface area contributed by atoms with Crippen molar-refractivity contribution in [3.63, 3.8) is 0 Å². The van der Waals surface area contributed by atoms with E-state index in [9.17, 15) is 4.79 Å². The summed E-state index contributed by atoms with van der Waals surface area (Å²) < 4.78 is 7.37. The van der Waals surface area contributed by atoms with Gasteiger partial charge in [0.25, 0.3) is 0 Å². The standard InChI is InChI=1S/C14H9Br2ClO2/c15-11-3-1-9(2-4-11)8-19-14-12(16)5-10(7-18)6-13(14)17/h1-7H,8H2. The van der Waals surface area contributed by atoms with Crippen LogP contribution in [0.2, 0.25) is 5.02 Å². The van der Waals surface area contributed by atoms with Crippen molar-refractivity contribution in [3.05, 3.63) is 61.5 Å². The van der Waals surface area contributed by atoms with Crippen LogP contribution in [0, 0.1) is 0 Å². The summed E-state index contributed by atoms with van der Waals surface area (Å²) in [6.07, 6.45) is 0.745. The lowest BCUT2D eigenvalue weighted by molar-refractivity contribution is 0.112. The van der Waals surface area contributed by atoms with Crippen LogP contribution in [0.4, 0.5) is 0 Å². The maximum Gasteiger partial charge on any atom is 0.152 e. The number of aldehydes is 1. The third kappa shape index (κ3) is 3.81. The summed E-state index contributed by atoms with van der Waals surface area (Å²) in [7, 11) is 0. The zero-order valence-electron chi connectivity index (χ0n) is 9.70. The topological polar surface area (TPSA) is 26.3 Å². The second-order valence-corrected chi connectivity index (χ2v) is 6.02. The van der Waals surface area contributed by atoms with Crippen LogP contribution in [0.1, 0.15) is 15.9 Å². The summed E-state index contributed by atoms with van der Waals surface area (Å²) >= 11 is 12.8. The predicted molar refractivity (Wildman–Crippen MR) is 83.0 cm³/mol. The maximum absolute atomic E-state index is 10.7. The van der Waals surface area contributed by atoms with E-state index in [1.165, 1.54) is 0 Å². The first-order valence-electron chi connectivity index (χ1n) is 5.41. The summed E-state index contributed by atoms with van der Waals surface area (Å²) in [6.45, 7) is 0.409. The van der Waals surface area contributed by atoms with Gasteiger partial charge in [0.15, 0.2) is 5.75 Å². The Hall–Kier alpha value is -0.840. The van der Waals surface area contributed by atoms with E-state index in [1.54, 1.807) is 12.1 Å². The number of carbonyl (C=O) groups is 1. The van der Waals surface area contributed by atoms with Crippen LogP contribution in [0.5, 0.6) is 5.75 Å². The molecule has 0 aliphatic heterocycles. The van der Waals surface area contributed by atoms with Gasteiger partial charge in [-0.05, 0) is 45.8 Å². The molecule has 0 N–H and O–H groups in total. The van der Waals surface area contributed by atoms with Crippen molar-refractivity contribution in [2.75, 3.05) is 0 Å². The van der Waals surface area contributed by atoms with E-state index in [2.05, 4.69) is 31.9 Å². The highest BCUT2D eigenvalue weighted by atomic mass is 79.9. The fraction of sp³-hybridized carbons (Fsp3) is 0.0714. The highest BCUT2D eigenvalue weighted by molar-refractivity contribution is 9.10. The zero-order valence-corrected chi connectivity index (χ0v) is 13.6. The molecule has 0 fully saturated rings. The second kappa shape index (κ2) is 6.55. The lowest BCUT2D eigenvalue weighted by atomic mass is 10.2. The number of halogens is 3. The fourth-order valence-electron chi connectivity index (χ4n) is 1.52. The van der Waals surface area contributed by atoms with Crippen LogP contribution in [-0.2, 0) is 6.61 Å². The maximum atomic E-state index is 10.7. The molecule has 19 heavy (non-hydrogen) atoms. The molecule has 0 unspecified atom stereocenters. The van der Waals surface area contributed by atoms with Gasteiger partial charge in [-0.1, -0.05) is 39.7 Å². The normalized spacial score (nSPS) is 10.3. The summed E-state index contributed by atoms with van der Waals surface area (Å²) in [5.74, 6) is 0.537. The van der Waals surface area contributed by atoms with Crippen molar-refractivity contribution >= 4 is 49.7 Å². The number of hydrogen-bond donors (Lipinski definition) is 0. The summed E-state index contributed by atoms with van der Waals surface area (Å²) in [5, 5.41) is 0.411. The van der Waals surface area contributed by atoms with Crippen LogP contribution in [0.3, 0.4) is 0 Å². The highest BCUT2D eigenvalue weighted by Crippen LogP contribution is 2.34. The lowest BCUT2D eigenvalue weighted by Crippen LogP contribution is -1.97. The van der Waals surface area contributed by atoms with E-state index in [1.807, 2.05) is 24.3 Å². The number of benzene rings is 2. The molecule has 2 aromatic carbocycles. The molecule has 0 aliphatic rings. The largest absolute Gasteiger partial charge is 0.486 e. The Morgan fingerprint density at radius 1 is 1.16 bits per heavy atom. The molecular formula is C14H9Br2ClO2. The molecule has 2 rings (SSSR count). The van der Waals surface area contributed by atoms with Gasteiger partial charge in [0.05, 0.1) is 9.50 Å². The first kappa shape index (κ1) is 14.6. The van der Waals surface area contributed by atoms with Gasteiger partial charge in [-0.15, -0.1) is 0 Å². The Kier molecular flexibility index (Phi) is 5.02. The van der Waals surface area contributed by atoms with Crippen LogP contribution in [0.15, 0.2) is 45.3 Å². The summed E-state index contributed by atoms with van der Waals surface area (Å²) in [4.78, 5) is 10.7. The minimum Gasteiger partial charge on any atom is -0.486 e. The van der Waals surface area contributed by atoms with Crippen molar-refractivity contribution in [1.82, 2.24) is 0 Å². The Morgan fingerprint density at radius 2 is 1.84 bits per heavy atom. The van der Waals surface area contributed by atoms with Gasteiger partial charge in [0, 0.05) is 10.0 Å². The fourth-order valence-corrected chi connectivity index (χ4v) is 2.77. The van der Waals surface area contributed by atoms with Crippen molar-refractivity contribution in [2.24, 2.45) is 0 Å². The molecule has 98 valence electrons. The van der Waals surface area contributed by atoms with Gasteiger partial charge in [0.2, 0.25) is 0 Å². The Labute approximate surface area is 133 Å². The average Bonchev–Trinajstić information content (AvgIpc) is 2.39. The number of rotatable bonds is 4. The molecule has 2 aromatic rings. The molecule has 0 saturated heterocycles. The van der Waals surface area contributed by atoms with Crippen LogP contribution in [0.25, 0.3) is 0 Å². The smallest absolute Gasteiger partial charge is 0.152 e. The number of carbonyl (C=O) groups excluding carboxylic acids is 1. The van der Waals surface area contributed by atoms with Gasteiger partial charge in [-0.3, -0.25) is 4.79 Å². The van der Waals surface area contributed by atoms with Crippen LogP contribution in [-0.4, -0.2) is 6.29 Å². The lowest BCUT2D eigenvalue weighted by Gasteiger charge is -2.10. The monoisotopic (exact) mass is 402 g/mol. The first-order chi connectivity index (χ1) is 9.10. The molecule has 0 heterocycles. The number of ether oxygens (including phenoxy) is 1. The van der Waals surface area contributed by atoms with Crippen molar-refractivity contribution < 1.29 is 9.53 Å². The van der Waals surface area contributed by atoms with Crippen LogP contribution < -0.4 is 4.74 Å². The Bertz CT molecular complexity index is 574. The first-order valence-corrected chi connectivity index (χ1v) is 7.38. The molecule has 0 bridgehead atoms. The van der Waals surface area contributed by atoms with Gasteiger partial charge in [0.1, 0.15) is 12.9 Å². The van der Waals surface area contributed by atoms with E-state index < -0.39 is 0 Å². The molecule has 0 aliphatic carbocycles.